The van der Waals surface area contributed by atoms with Crippen molar-refractivity contribution in [3.63, 3.8) is 0 Å². The zero-order valence-corrected chi connectivity index (χ0v) is 15.9. The normalized spacial score (nSPS) is 15.3. The number of hydrogen-bond donors (Lipinski definition) is 1. The summed E-state index contributed by atoms with van der Waals surface area (Å²) in [5.74, 6) is 0.763. The van der Waals surface area contributed by atoms with Crippen molar-refractivity contribution in [1.82, 2.24) is 5.32 Å². The molecule has 1 saturated heterocycles. The summed E-state index contributed by atoms with van der Waals surface area (Å²) in [6.45, 7) is 10.7. The first-order valence-electron chi connectivity index (χ1n) is 9.29. The Kier molecular flexibility index (Phi) is 6.85. The zero-order chi connectivity index (χ0) is 18.4. The topological polar surface area (TPSA) is 52.7 Å². The number of carbonyl (C=O) groups excluding carboxylic acids is 2. The molecule has 1 aromatic rings. The van der Waals surface area contributed by atoms with E-state index < -0.39 is 0 Å². The van der Waals surface area contributed by atoms with Crippen molar-refractivity contribution in [3.05, 3.63) is 24.3 Å². The molecule has 1 aliphatic rings. The molecule has 1 fully saturated rings. The lowest BCUT2D eigenvalue weighted by atomic mass is 9.99. The number of hydrogen-bond acceptors (Lipinski definition) is 3. The van der Waals surface area contributed by atoms with Crippen LogP contribution in [0.4, 0.5) is 11.4 Å². The first-order chi connectivity index (χ1) is 11.9. The van der Waals surface area contributed by atoms with Gasteiger partial charge in [0, 0.05) is 50.4 Å². The SMILES string of the molecule is CC(=O)N(CCNC(=O)C(C)C)c1ccc(N2CCC(C)CC2)cc1. The van der Waals surface area contributed by atoms with Crippen LogP contribution >= 0.6 is 0 Å². The van der Waals surface area contributed by atoms with Crippen LogP contribution in [0.3, 0.4) is 0 Å². The van der Waals surface area contributed by atoms with Crippen molar-refractivity contribution >= 4 is 23.2 Å². The van der Waals surface area contributed by atoms with Crippen LogP contribution in [0.2, 0.25) is 0 Å². The summed E-state index contributed by atoms with van der Waals surface area (Å²) in [5, 5.41) is 2.86. The van der Waals surface area contributed by atoms with E-state index in [9.17, 15) is 9.59 Å². The van der Waals surface area contributed by atoms with Gasteiger partial charge in [0.2, 0.25) is 11.8 Å². The third kappa shape index (κ3) is 5.48. The van der Waals surface area contributed by atoms with Gasteiger partial charge in [-0.2, -0.15) is 0 Å². The van der Waals surface area contributed by atoms with E-state index in [0.717, 1.165) is 24.7 Å². The summed E-state index contributed by atoms with van der Waals surface area (Å²) in [5.41, 5.74) is 2.09. The smallest absolute Gasteiger partial charge is 0.223 e. The van der Waals surface area contributed by atoms with Gasteiger partial charge in [-0.05, 0) is 43.0 Å². The number of nitrogens with one attached hydrogen (secondary N) is 1. The Morgan fingerprint density at radius 2 is 1.80 bits per heavy atom. The molecule has 0 aliphatic carbocycles. The van der Waals surface area contributed by atoms with Gasteiger partial charge >= 0.3 is 0 Å². The van der Waals surface area contributed by atoms with E-state index in [1.807, 2.05) is 26.0 Å². The third-order valence-corrected chi connectivity index (χ3v) is 4.85. The molecular formula is C20H31N3O2. The molecule has 1 aliphatic heterocycles. The van der Waals surface area contributed by atoms with Gasteiger partial charge in [0.15, 0.2) is 0 Å². The van der Waals surface area contributed by atoms with Crippen LogP contribution in [0.5, 0.6) is 0 Å². The lowest BCUT2D eigenvalue weighted by Crippen LogP contribution is -2.38. The van der Waals surface area contributed by atoms with Gasteiger partial charge in [-0.25, -0.2) is 0 Å². The van der Waals surface area contributed by atoms with Crippen LogP contribution in [-0.2, 0) is 9.59 Å². The maximum Gasteiger partial charge on any atom is 0.223 e. The Balaban J connectivity index is 1.96. The highest BCUT2D eigenvalue weighted by molar-refractivity contribution is 5.91. The zero-order valence-electron chi connectivity index (χ0n) is 15.9. The Morgan fingerprint density at radius 3 is 2.32 bits per heavy atom. The largest absolute Gasteiger partial charge is 0.372 e. The van der Waals surface area contributed by atoms with Crippen molar-refractivity contribution in [2.45, 2.75) is 40.5 Å². The highest BCUT2D eigenvalue weighted by atomic mass is 16.2. The molecule has 0 aromatic heterocycles. The van der Waals surface area contributed by atoms with E-state index in [0.29, 0.717) is 13.1 Å². The highest BCUT2D eigenvalue weighted by Gasteiger charge is 2.17. The minimum Gasteiger partial charge on any atom is -0.372 e. The molecule has 5 heteroatoms. The van der Waals surface area contributed by atoms with Crippen LogP contribution in [0.25, 0.3) is 0 Å². The van der Waals surface area contributed by atoms with E-state index in [1.165, 1.54) is 18.5 Å². The highest BCUT2D eigenvalue weighted by Crippen LogP contribution is 2.25. The van der Waals surface area contributed by atoms with Gasteiger partial charge in [0.1, 0.15) is 0 Å². The average molecular weight is 345 g/mol. The Labute approximate surface area is 151 Å². The Bertz CT molecular complexity index is 575. The minimum absolute atomic E-state index is 0.0122. The fraction of sp³-hybridized carbons (Fsp3) is 0.600. The monoisotopic (exact) mass is 345 g/mol. The number of nitrogens with zero attached hydrogens (tertiary/aromatic N) is 2. The van der Waals surface area contributed by atoms with E-state index in [1.54, 1.807) is 11.8 Å². The molecule has 0 unspecified atom stereocenters. The molecule has 138 valence electrons. The second-order valence-electron chi connectivity index (χ2n) is 7.30. The molecule has 1 N–H and O–H groups in total. The van der Waals surface area contributed by atoms with Gasteiger partial charge in [-0.1, -0.05) is 20.8 Å². The Morgan fingerprint density at radius 1 is 1.20 bits per heavy atom. The third-order valence-electron chi connectivity index (χ3n) is 4.85. The minimum atomic E-state index is -0.0441. The number of carbonyl (C=O) groups is 2. The molecule has 0 spiro atoms. The molecule has 2 amide bonds. The lowest BCUT2D eigenvalue weighted by Gasteiger charge is -2.32. The first-order valence-corrected chi connectivity index (χ1v) is 9.29. The molecule has 0 saturated carbocycles. The van der Waals surface area contributed by atoms with Crippen molar-refractivity contribution in [3.8, 4) is 0 Å². The van der Waals surface area contributed by atoms with E-state index in [2.05, 4.69) is 29.3 Å². The maximum absolute atomic E-state index is 12.0. The van der Waals surface area contributed by atoms with Gasteiger partial charge in [-0.3, -0.25) is 9.59 Å². The lowest BCUT2D eigenvalue weighted by molar-refractivity contribution is -0.124. The Hall–Kier alpha value is -2.04. The van der Waals surface area contributed by atoms with Crippen LogP contribution < -0.4 is 15.1 Å². The average Bonchev–Trinajstić information content (AvgIpc) is 2.59. The fourth-order valence-corrected chi connectivity index (χ4v) is 3.07. The standard InChI is InChI=1S/C20H31N3O2/c1-15(2)20(25)21-11-14-23(17(4)24)19-7-5-18(6-8-19)22-12-9-16(3)10-13-22/h5-8,15-16H,9-14H2,1-4H3,(H,21,25). The van der Waals surface area contributed by atoms with Crippen molar-refractivity contribution in [2.24, 2.45) is 11.8 Å². The number of amides is 2. The number of anilines is 2. The second kappa shape index (κ2) is 8.88. The predicted octanol–water partition coefficient (Wildman–Crippen LogP) is 3.05. The summed E-state index contributed by atoms with van der Waals surface area (Å²) in [6.07, 6.45) is 2.47. The molecule has 0 atom stereocenters. The van der Waals surface area contributed by atoms with E-state index in [4.69, 9.17) is 0 Å². The number of rotatable bonds is 6. The summed E-state index contributed by atoms with van der Waals surface area (Å²) in [4.78, 5) is 27.8. The number of benzene rings is 1. The molecule has 5 nitrogen and oxygen atoms in total. The molecule has 2 rings (SSSR count). The second-order valence-corrected chi connectivity index (χ2v) is 7.30. The van der Waals surface area contributed by atoms with Crippen molar-refractivity contribution in [1.29, 1.82) is 0 Å². The molecule has 0 radical (unpaired) electrons. The van der Waals surface area contributed by atoms with Crippen LogP contribution in [-0.4, -0.2) is 38.0 Å². The molecule has 0 bridgehead atoms. The molecule has 1 heterocycles. The first kappa shape index (κ1) is 19.3. The summed E-state index contributed by atoms with van der Waals surface area (Å²) < 4.78 is 0. The van der Waals surface area contributed by atoms with Crippen molar-refractivity contribution < 1.29 is 9.59 Å². The van der Waals surface area contributed by atoms with Gasteiger partial charge < -0.3 is 15.1 Å². The summed E-state index contributed by atoms with van der Waals surface area (Å²) in [6, 6.07) is 8.18. The molecular weight excluding hydrogens is 314 g/mol. The predicted molar refractivity (Wildman–Crippen MR) is 103 cm³/mol. The number of piperidine rings is 1. The molecule has 1 aromatic carbocycles. The summed E-state index contributed by atoms with van der Waals surface area (Å²) in [7, 11) is 0. The van der Waals surface area contributed by atoms with Crippen molar-refractivity contribution in [2.75, 3.05) is 36.0 Å². The van der Waals surface area contributed by atoms with Gasteiger partial charge in [0.05, 0.1) is 0 Å². The van der Waals surface area contributed by atoms with E-state index >= 15 is 0 Å². The van der Waals surface area contributed by atoms with Crippen LogP contribution in [0.1, 0.15) is 40.5 Å². The van der Waals surface area contributed by atoms with E-state index in [-0.39, 0.29) is 17.7 Å². The fourth-order valence-electron chi connectivity index (χ4n) is 3.07. The molecule has 25 heavy (non-hydrogen) atoms. The maximum atomic E-state index is 12.0. The van der Waals surface area contributed by atoms with Crippen LogP contribution in [0, 0.1) is 11.8 Å². The van der Waals surface area contributed by atoms with Gasteiger partial charge in [-0.15, -0.1) is 0 Å². The van der Waals surface area contributed by atoms with Crippen LogP contribution in [0.15, 0.2) is 24.3 Å². The van der Waals surface area contributed by atoms with Gasteiger partial charge in [0.25, 0.3) is 0 Å². The quantitative estimate of drug-likeness (QED) is 0.862. The summed E-state index contributed by atoms with van der Waals surface area (Å²) >= 11 is 0.